The van der Waals surface area contributed by atoms with Gasteiger partial charge in [-0.05, 0) is 12.8 Å². The third-order valence-corrected chi connectivity index (χ3v) is 2.98. The van der Waals surface area contributed by atoms with E-state index < -0.39 is 5.97 Å². The molecule has 0 unspecified atom stereocenters. The minimum atomic E-state index is -0.907. The monoisotopic (exact) mass is 355 g/mol. The van der Waals surface area contributed by atoms with Gasteiger partial charge in [-0.2, -0.15) is 0 Å². The summed E-state index contributed by atoms with van der Waals surface area (Å²) in [7, 11) is 0. The summed E-state index contributed by atoms with van der Waals surface area (Å²) >= 11 is 0. The van der Waals surface area contributed by atoms with Gasteiger partial charge in [-0.15, -0.1) is 0 Å². The molecule has 0 aromatic heterocycles. The van der Waals surface area contributed by atoms with Crippen LogP contribution in [0.4, 0.5) is 0 Å². The Morgan fingerprint density at radius 3 is 1.42 bits per heavy atom. The average molecular weight is 357 g/mol. The SMILES string of the molecule is CCCCCCCCCCCCCC(=O)[O-].[O-2].[Ti+4].[Zn+2]. The summed E-state index contributed by atoms with van der Waals surface area (Å²) in [5.74, 6) is -0.907. The van der Waals surface area contributed by atoms with E-state index in [1.807, 2.05) is 0 Å². The summed E-state index contributed by atoms with van der Waals surface area (Å²) in [6.45, 7) is 2.24. The van der Waals surface area contributed by atoms with Crippen molar-refractivity contribution < 1.29 is 56.6 Å². The molecule has 0 fully saturated rings. The second-order valence-corrected chi connectivity index (χ2v) is 4.66. The first-order valence-electron chi connectivity index (χ1n) is 6.97. The Balaban J connectivity index is -0.000000375. The molecule has 0 bridgehead atoms. The van der Waals surface area contributed by atoms with E-state index >= 15 is 0 Å². The van der Waals surface area contributed by atoms with Gasteiger partial charge >= 0.3 is 41.2 Å². The number of hydrogen-bond acceptors (Lipinski definition) is 2. The molecule has 0 aliphatic rings. The molecule has 0 aromatic carbocycles. The van der Waals surface area contributed by atoms with E-state index in [1.165, 1.54) is 57.8 Å². The molecule has 5 heteroatoms. The summed E-state index contributed by atoms with van der Waals surface area (Å²) < 4.78 is 0. The van der Waals surface area contributed by atoms with Gasteiger partial charge in [0.25, 0.3) is 0 Å². The summed E-state index contributed by atoms with van der Waals surface area (Å²) in [6, 6.07) is 0. The predicted molar refractivity (Wildman–Crippen MR) is 66.8 cm³/mol. The van der Waals surface area contributed by atoms with Crippen LogP contribution in [-0.4, -0.2) is 5.97 Å². The molecule has 0 aromatic rings. The number of aliphatic carboxylic acids is 1. The van der Waals surface area contributed by atoms with Crippen molar-refractivity contribution in [1.82, 2.24) is 0 Å². The maximum absolute atomic E-state index is 10.1. The van der Waals surface area contributed by atoms with Gasteiger partial charge in [-0.1, -0.05) is 71.1 Å². The van der Waals surface area contributed by atoms with Gasteiger partial charge in [-0.25, -0.2) is 0 Å². The van der Waals surface area contributed by atoms with Crippen molar-refractivity contribution in [2.75, 3.05) is 0 Å². The van der Waals surface area contributed by atoms with Crippen LogP contribution in [0, 0.1) is 0 Å². The van der Waals surface area contributed by atoms with Crippen LogP contribution in [0.5, 0.6) is 0 Å². The molecule has 0 heterocycles. The second-order valence-electron chi connectivity index (χ2n) is 4.66. The van der Waals surface area contributed by atoms with Crippen molar-refractivity contribution in [3.05, 3.63) is 0 Å². The summed E-state index contributed by atoms with van der Waals surface area (Å²) in [5.41, 5.74) is 0. The number of carboxylic acids is 1. The average Bonchev–Trinajstić information content (AvgIpc) is 2.25. The smallest absolute Gasteiger partial charge is 2.00 e. The fourth-order valence-electron chi connectivity index (χ4n) is 1.93. The largest absolute Gasteiger partial charge is 4.00 e. The first kappa shape index (κ1) is 28.0. The van der Waals surface area contributed by atoms with E-state index in [1.54, 1.807) is 0 Å². The normalized spacial score (nSPS) is 8.89. The number of unbranched alkanes of at least 4 members (excludes halogenated alkanes) is 10. The number of carbonyl (C=O) groups excluding carboxylic acids is 1. The Morgan fingerprint density at radius 2 is 1.11 bits per heavy atom. The molecule has 0 N–H and O–H groups in total. The van der Waals surface area contributed by atoms with Crippen molar-refractivity contribution in [3.8, 4) is 0 Å². The van der Waals surface area contributed by atoms with Crippen molar-refractivity contribution in [2.24, 2.45) is 0 Å². The minimum Gasteiger partial charge on any atom is -2.00 e. The van der Waals surface area contributed by atoms with E-state index in [9.17, 15) is 9.90 Å². The molecule has 19 heavy (non-hydrogen) atoms. The van der Waals surface area contributed by atoms with E-state index in [0.29, 0.717) is 0 Å². The van der Waals surface area contributed by atoms with Crippen molar-refractivity contribution >= 4 is 5.97 Å². The molecule has 0 rings (SSSR count). The number of carbonyl (C=O) groups is 1. The third kappa shape index (κ3) is 27.8. The Kier molecular flexibility index (Phi) is 35.1. The van der Waals surface area contributed by atoms with Crippen LogP contribution in [-0.2, 0) is 51.5 Å². The zero-order valence-corrected chi connectivity index (χ0v) is 16.9. The second kappa shape index (κ2) is 23.8. The van der Waals surface area contributed by atoms with E-state index in [0.717, 1.165) is 12.8 Å². The first-order valence-corrected chi connectivity index (χ1v) is 6.97. The van der Waals surface area contributed by atoms with E-state index in [4.69, 9.17) is 0 Å². The Hall–Kier alpha value is 0.768. The van der Waals surface area contributed by atoms with Crippen LogP contribution < -0.4 is 5.11 Å². The molecule has 0 spiro atoms. The summed E-state index contributed by atoms with van der Waals surface area (Å²) in [4.78, 5) is 10.1. The molecular weight excluding hydrogens is 329 g/mol. The fraction of sp³-hybridized carbons (Fsp3) is 0.929. The van der Waals surface area contributed by atoms with Crippen LogP contribution >= 0.6 is 0 Å². The fourth-order valence-corrected chi connectivity index (χ4v) is 1.93. The number of hydrogen-bond donors (Lipinski definition) is 0. The van der Waals surface area contributed by atoms with Gasteiger partial charge in [0.05, 0.1) is 0 Å². The van der Waals surface area contributed by atoms with Crippen LogP contribution in [0.25, 0.3) is 0 Å². The molecule has 0 saturated heterocycles. The van der Waals surface area contributed by atoms with Crippen molar-refractivity contribution in [3.63, 3.8) is 0 Å². The minimum absolute atomic E-state index is 0. The van der Waals surface area contributed by atoms with Gasteiger partial charge in [0.2, 0.25) is 0 Å². The molecule has 0 amide bonds. The van der Waals surface area contributed by atoms with E-state index in [2.05, 4.69) is 6.92 Å². The Bertz CT molecular complexity index is 169. The zero-order chi connectivity index (χ0) is 12.1. The maximum atomic E-state index is 10.1. The van der Waals surface area contributed by atoms with Gasteiger partial charge in [0.15, 0.2) is 0 Å². The predicted octanol–water partition coefficient (Wildman–Crippen LogP) is 3.31. The van der Waals surface area contributed by atoms with Gasteiger partial charge in [0.1, 0.15) is 0 Å². The first-order chi connectivity index (χ1) is 7.77. The third-order valence-electron chi connectivity index (χ3n) is 2.98. The molecule has 3 nitrogen and oxygen atoms in total. The Morgan fingerprint density at radius 1 is 0.789 bits per heavy atom. The molecule has 0 radical (unpaired) electrons. The van der Waals surface area contributed by atoms with Crippen molar-refractivity contribution in [1.29, 1.82) is 0 Å². The van der Waals surface area contributed by atoms with Gasteiger partial charge in [0, 0.05) is 5.97 Å². The summed E-state index contributed by atoms with van der Waals surface area (Å²) in [5, 5.41) is 10.1. The van der Waals surface area contributed by atoms with Gasteiger partial charge in [-0.3, -0.25) is 0 Å². The van der Waals surface area contributed by atoms with Gasteiger partial charge < -0.3 is 15.4 Å². The standard InChI is InChI=1S/C14H28O2.O.Ti.Zn/c1-2-3-4-5-6-7-8-9-10-11-12-13-14(15)16;;;/h2-13H2,1H3,(H,15,16);;;/q;-2;+4;+2/p-1. The van der Waals surface area contributed by atoms with Crippen LogP contribution in [0.15, 0.2) is 0 Å². The Labute approximate surface area is 146 Å². The van der Waals surface area contributed by atoms with Crippen LogP contribution in [0.3, 0.4) is 0 Å². The van der Waals surface area contributed by atoms with E-state index in [-0.39, 0.29) is 53.1 Å². The summed E-state index contributed by atoms with van der Waals surface area (Å²) in [6.07, 6.45) is 14.0. The zero-order valence-electron chi connectivity index (χ0n) is 12.4. The topological polar surface area (TPSA) is 68.6 Å². The molecular formula is C14H27O3TiZn+3. The molecule has 0 atom stereocenters. The van der Waals surface area contributed by atoms with Crippen LogP contribution in [0.1, 0.15) is 84.0 Å². The molecule has 0 saturated carbocycles. The number of carboxylic acid groups (broad SMARTS) is 1. The molecule has 0 aliphatic carbocycles. The number of rotatable bonds is 12. The molecule has 0 aliphatic heterocycles. The van der Waals surface area contributed by atoms with Crippen molar-refractivity contribution in [2.45, 2.75) is 84.0 Å². The maximum Gasteiger partial charge on any atom is 4.00 e. The molecule has 104 valence electrons. The quantitative estimate of drug-likeness (QED) is 0.397. The van der Waals surface area contributed by atoms with Crippen LogP contribution in [0.2, 0.25) is 0 Å².